The third-order valence-corrected chi connectivity index (χ3v) is 2.39. The first-order valence-corrected chi connectivity index (χ1v) is 5.29. The first kappa shape index (κ1) is 14.0. The maximum atomic E-state index is 11.7. The summed E-state index contributed by atoms with van der Waals surface area (Å²) in [6.07, 6.45) is 0. The van der Waals surface area contributed by atoms with Gasteiger partial charge in [0.05, 0.1) is 13.7 Å². The molecule has 0 radical (unpaired) electrons. The Morgan fingerprint density at radius 2 is 2.17 bits per heavy atom. The second-order valence-electron chi connectivity index (χ2n) is 3.35. The number of oxime groups is 1. The van der Waals surface area contributed by atoms with E-state index >= 15 is 0 Å². The molecule has 98 valence electrons. The van der Waals surface area contributed by atoms with Gasteiger partial charge in [-0.25, -0.2) is 0 Å². The highest BCUT2D eigenvalue weighted by Crippen LogP contribution is 2.23. The van der Waals surface area contributed by atoms with Gasteiger partial charge in [-0.15, -0.1) is 0 Å². The Morgan fingerprint density at radius 3 is 2.67 bits per heavy atom. The predicted molar refractivity (Wildman–Crippen MR) is 66.5 cm³/mol. The van der Waals surface area contributed by atoms with Gasteiger partial charge >= 0.3 is 0 Å². The minimum absolute atomic E-state index is 0.0861. The van der Waals surface area contributed by atoms with Crippen molar-refractivity contribution in [2.24, 2.45) is 5.16 Å². The van der Waals surface area contributed by atoms with E-state index in [0.717, 1.165) is 0 Å². The summed E-state index contributed by atoms with van der Waals surface area (Å²) in [5, 5.41) is 15.5. The number of likely N-dealkylation sites (N-methyl/N-ethyl adjacent to an activating group) is 1. The van der Waals surface area contributed by atoms with E-state index in [1.54, 1.807) is 18.2 Å². The fourth-order valence-corrected chi connectivity index (χ4v) is 1.56. The van der Waals surface area contributed by atoms with E-state index < -0.39 is 5.91 Å². The molecule has 1 aromatic rings. The number of benzene rings is 1. The maximum Gasteiger partial charge on any atom is 0.273 e. The lowest BCUT2D eigenvalue weighted by Gasteiger charge is -2.12. The summed E-state index contributed by atoms with van der Waals surface area (Å²) in [5.74, 6) is 0.0857. The number of hydrogen-bond acceptors (Lipinski definition) is 5. The predicted octanol–water partition coefficient (Wildman–Crippen LogP) is 0.284. The molecule has 0 unspecified atom stereocenters. The van der Waals surface area contributed by atoms with Gasteiger partial charge in [-0.2, -0.15) is 0 Å². The topological polar surface area (TPSA) is 80.2 Å². The fourth-order valence-electron chi connectivity index (χ4n) is 1.56. The van der Waals surface area contributed by atoms with Crippen molar-refractivity contribution in [2.45, 2.75) is 6.61 Å². The normalized spacial score (nSPS) is 11.0. The average molecular weight is 252 g/mol. The zero-order chi connectivity index (χ0) is 13.5. The van der Waals surface area contributed by atoms with Gasteiger partial charge in [0.15, 0.2) is 5.71 Å². The molecule has 1 aromatic carbocycles. The van der Waals surface area contributed by atoms with Crippen LogP contribution >= 0.6 is 0 Å². The molecule has 0 aliphatic heterocycles. The molecule has 2 N–H and O–H groups in total. The molecule has 0 saturated heterocycles. The molecule has 0 saturated carbocycles. The summed E-state index contributed by atoms with van der Waals surface area (Å²) in [6.45, 7) is -0.265. The number of aliphatic hydroxyl groups is 1. The monoisotopic (exact) mass is 252 g/mol. The lowest BCUT2D eigenvalue weighted by atomic mass is 10.0. The van der Waals surface area contributed by atoms with Crippen molar-refractivity contribution >= 4 is 11.6 Å². The molecule has 0 bridgehead atoms. The van der Waals surface area contributed by atoms with Crippen LogP contribution in [0.4, 0.5) is 0 Å². The molecular formula is C12H16N2O4. The van der Waals surface area contributed by atoms with Crippen LogP contribution in [0.2, 0.25) is 0 Å². The zero-order valence-electron chi connectivity index (χ0n) is 10.6. The molecule has 1 amide bonds. The lowest BCUT2D eigenvalue weighted by Crippen LogP contribution is -2.29. The fraction of sp³-hybridized carbons (Fsp3) is 0.333. The third kappa shape index (κ3) is 2.78. The van der Waals surface area contributed by atoms with E-state index in [1.807, 2.05) is 0 Å². The number of rotatable bonds is 5. The highest BCUT2D eigenvalue weighted by atomic mass is 16.6. The van der Waals surface area contributed by atoms with E-state index in [0.29, 0.717) is 16.9 Å². The Balaban J connectivity index is 3.37. The second-order valence-corrected chi connectivity index (χ2v) is 3.35. The third-order valence-electron chi connectivity index (χ3n) is 2.39. The number of methoxy groups -OCH3 is 1. The molecule has 0 aliphatic carbocycles. The molecule has 6 heteroatoms. The minimum atomic E-state index is -0.403. The van der Waals surface area contributed by atoms with Crippen LogP contribution < -0.4 is 10.1 Å². The van der Waals surface area contributed by atoms with Crippen LogP contribution in [0.5, 0.6) is 5.75 Å². The van der Waals surface area contributed by atoms with E-state index in [-0.39, 0.29) is 12.3 Å². The van der Waals surface area contributed by atoms with Crippen LogP contribution in [0.25, 0.3) is 0 Å². The van der Waals surface area contributed by atoms with Gasteiger partial charge in [0.25, 0.3) is 5.91 Å². The van der Waals surface area contributed by atoms with E-state index in [1.165, 1.54) is 21.3 Å². The molecule has 0 fully saturated rings. The standard InChI is InChI=1S/C12H16N2O4/c1-13-12(16)11(14-18-3)8-5-4-6-10(17-2)9(8)7-15/h4-6,15H,7H2,1-3H3,(H,13,16)/b14-11+. The first-order chi connectivity index (χ1) is 8.69. The molecule has 0 aliphatic rings. The lowest BCUT2D eigenvalue weighted by molar-refractivity contribution is -0.114. The Morgan fingerprint density at radius 1 is 1.44 bits per heavy atom. The molecule has 18 heavy (non-hydrogen) atoms. The summed E-state index contributed by atoms with van der Waals surface area (Å²) in [7, 11) is 4.33. The van der Waals surface area contributed by atoms with Crippen molar-refractivity contribution in [3.8, 4) is 5.75 Å². The smallest absolute Gasteiger partial charge is 0.273 e. The van der Waals surface area contributed by atoms with Crippen molar-refractivity contribution < 1.29 is 19.5 Å². The van der Waals surface area contributed by atoms with Crippen LogP contribution in [-0.2, 0) is 16.2 Å². The summed E-state index contributed by atoms with van der Waals surface area (Å²) in [6, 6.07) is 5.08. The highest BCUT2D eigenvalue weighted by Gasteiger charge is 2.19. The molecule has 0 aromatic heterocycles. The van der Waals surface area contributed by atoms with Gasteiger partial charge in [-0.1, -0.05) is 17.3 Å². The molecular weight excluding hydrogens is 236 g/mol. The highest BCUT2D eigenvalue weighted by molar-refractivity contribution is 6.45. The number of carbonyl (C=O) groups excluding carboxylic acids is 1. The van der Waals surface area contributed by atoms with Gasteiger partial charge < -0.3 is 20.0 Å². The summed E-state index contributed by atoms with van der Waals surface area (Å²) < 4.78 is 5.13. The summed E-state index contributed by atoms with van der Waals surface area (Å²) in [4.78, 5) is 16.4. The van der Waals surface area contributed by atoms with Crippen LogP contribution in [0.15, 0.2) is 23.4 Å². The maximum absolute atomic E-state index is 11.7. The number of ether oxygens (including phenoxy) is 1. The number of carbonyl (C=O) groups is 1. The molecule has 1 rings (SSSR count). The largest absolute Gasteiger partial charge is 0.496 e. The van der Waals surface area contributed by atoms with Gasteiger partial charge in [-0.05, 0) is 6.07 Å². The second kappa shape index (κ2) is 6.61. The molecule has 6 nitrogen and oxygen atoms in total. The van der Waals surface area contributed by atoms with Crippen molar-refractivity contribution in [1.29, 1.82) is 0 Å². The van der Waals surface area contributed by atoms with Crippen LogP contribution in [-0.4, -0.2) is 38.0 Å². The molecule has 0 spiro atoms. The van der Waals surface area contributed by atoms with Crippen LogP contribution in [0.3, 0.4) is 0 Å². The van der Waals surface area contributed by atoms with Gasteiger partial charge in [0.1, 0.15) is 12.9 Å². The van der Waals surface area contributed by atoms with Gasteiger partial charge in [0, 0.05) is 18.2 Å². The number of nitrogens with zero attached hydrogens (tertiary/aromatic N) is 1. The van der Waals surface area contributed by atoms with E-state index in [2.05, 4.69) is 15.3 Å². The SMILES string of the molecule is CNC(=O)/C(=N/OC)c1cccc(OC)c1CO. The number of nitrogens with one attached hydrogen (secondary N) is 1. The van der Waals surface area contributed by atoms with Crippen molar-refractivity contribution in [2.75, 3.05) is 21.3 Å². The summed E-state index contributed by atoms with van der Waals surface area (Å²) in [5.41, 5.74) is 1.04. The van der Waals surface area contributed by atoms with E-state index in [9.17, 15) is 9.90 Å². The average Bonchev–Trinajstić information content (AvgIpc) is 2.42. The Labute approximate surface area is 105 Å². The van der Waals surface area contributed by atoms with Crippen molar-refractivity contribution in [1.82, 2.24) is 5.32 Å². The first-order valence-electron chi connectivity index (χ1n) is 5.29. The number of hydrogen-bond donors (Lipinski definition) is 2. The van der Waals surface area contributed by atoms with Gasteiger partial charge in [0.2, 0.25) is 0 Å². The Kier molecular flexibility index (Phi) is 5.13. The Bertz CT molecular complexity index is 457. The van der Waals surface area contributed by atoms with Crippen LogP contribution in [0.1, 0.15) is 11.1 Å². The quantitative estimate of drug-likeness (QED) is 0.583. The van der Waals surface area contributed by atoms with Gasteiger partial charge in [-0.3, -0.25) is 4.79 Å². The molecule has 0 heterocycles. The molecule has 0 atom stereocenters. The number of aliphatic hydroxyl groups excluding tert-OH is 1. The van der Waals surface area contributed by atoms with Crippen molar-refractivity contribution in [3.05, 3.63) is 29.3 Å². The zero-order valence-corrected chi connectivity index (χ0v) is 10.6. The minimum Gasteiger partial charge on any atom is -0.496 e. The van der Waals surface area contributed by atoms with Crippen LogP contribution in [0, 0.1) is 0 Å². The summed E-state index contributed by atoms with van der Waals surface area (Å²) >= 11 is 0. The number of amides is 1. The Hall–Kier alpha value is -2.08. The van der Waals surface area contributed by atoms with Crippen molar-refractivity contribution in [3.63, 3.8) is 0 Å². The van der Waals surface area contributed by atoms with E-state index in [4.69, 9.17) is 4.74 Å².